The van der Waals surface area contributed by atoms with Crippen molar-refractivity contribution in [3.05, 3.63) is 125 Å². The number of oxazole rings is 2. The maximum absolute atomic E-state index is 14.0. The summed E-state index contributed by atoms with van der Waals surface area (Å²) in [6.45, 7) is 7.38. The van der Waals surface area contributed by atoms with Crippen LogP contribution in [0.25, 0.3) is 11.5 Å². The third-order valence-electron chi connectivity index (χ3n) is 8.80. The van der Waals surface area contributed by atoms with Crippen LogP contribution in [0.2, 0.25) is 0 Å². The highest BCUT2D eigenvalue weighted by Crippen LogP contribution is 2.33. The summed E-state index contributed by atoms with van der Waals surface area (Å²) >= 11 is 0. The number of nitrogens with zero attached hydrogens (tertiary/aromatic N) is 4. The molecule has 2 amide bonds. The van der Waals surface area contributed by atoms with Crippen molar-refractivity contribution in [2.24, 2.45) is 0 Å². The maximum atomic E-state index is 14.0. The second-order valence-corrected chi connectivity index (χ2v) is 12.9. The molecule has 49 heavy (non-hydrogen) atoms. The van der Waals surface area contributed by atoms with E-state index >= 15 is 0 Å². The minimum atomic E-state index is -0.920. The van der Waals surface area contributed by atoms with Gasteiger partial charge in [0.25, 0.3) is 11.8 Å². The maximum Gasteiger partial charge on any atom is 0.254 e. The van der Waals surface area contributed by atoms with Crippen LogP contribution in [-0.4, -0.2) is 62.0 Å². The Labute approximate surface area is 285 Å². The molecule has 0 saturated carbocycles. The summed E-state index contributed by atoms with van der Waals surface area (Å²) in [6, 6.07) is 15.8. The molecule has 0 spiro atoms. The van der Waals surface area contributed by atoms with Crippen molar-refractivity contribution in [1.82, 2.24) is 30.5 Å². The van der Waals surface area contributed by atoms with Crippen LogP contribution in [0.1, 0.15) is 87.6 Å². The van der Waals surface area contributed by atoms with Crippen LogP contribution in [-0.2, 0) is 13.0 Å². The Morgan fingerprint density at radius 2 is 1.86 bits per heavy atom. The Morgan fingerprint density at radius 1 is 1.04 bits per heavy atom. The number of rotatable bonds is 13. The van der Waals surface area contributed by atoms with Gasteiger partial charge in [-0.25, -0.2) is 9.97 Å². The van der Waals surface area contributed by atoms with Crippen LogP contribution in [0, 0.1) is 6.92 Å². The molecular weight excluding hydrogens is 620 g/mol. The first-order chi connectivity index (χ1) is 23.7. The molecule has 3 N–H and O–H groups in total. The molecule has 5 aromatic rings. The van der Waals surface area contributed by atoms with E-state index in [2.05, 4.69) is 45.5 Å². The third kappa shape index (κ3) is 8.30. The molecule has 0 radical (unpaired) electrons. The van der Waals surface area contributed by atoms with Gasteiger partial charge < -0.3 is 29.5 Å². The molecule has 1 fully saturated rings. The first-order valence-corrected chi connectivity index (χ1v) is 16.7. The van der Waals surface area contributed by atoms with Crippen LogP contribution in [0.15, 0.2) is 94.5 Å². The van der Waals surface area contributed by atoms with Gasteiger partial charge in [-0.3, -0.25) is 14.6 Å². The smallest absolute Gasteiger partial charge is 0.254 e. The van der Waals surface area contributed by atoms with Gasteiger partial charge in [0.05, 0.1) is 24.0 Å². The summed E-state index contributed by atoms with van der Waals surface area (Å²) in [5.41, 5.74) is 4.92. The Morgan fingerprint density at radius 3 is 2.59 bits per heavy atom. The lowest BCUT2D eigenvalue weighted by atomic mass is 9.99. The van der Waals surface area contributed by atoms with Gasteiger partial charge in [-0.1, -0.05) is 50.2 Å². The molecule has 0 unspecified atom stereocenters. The van der Waals surface area contributed by atoms with Gasteiger partial charge in [-0.15, -0.1) is 0 Å². The fourth-order valence-corrected chi connectivity index (χ4v) is 6.16. The zero-order valence-electron chi connectivity index (χ0n) is 28.0. The molecule has 3 atom stereocenters. The number of nitrogens with one attached hydrogen (secondary N) is 2. The summed E-state index contributed by atoms with van der Waals surface area (Å²) in [7, 11) is 0. The van der Waals surface area contributed by atoms with Crippen LogP contribution in [0.4, 0.5) is 0 Å². The zero-order chi connectivity index (χ0) is 34.3. The molecule has 3 aromatic heterocycles. The first-order valence-electron chi connectivity index (χ1n) is 16.7. The molecule has 11 nitrogen and oxygen atoms in total. The molecule has 1 aliphatic rings. The number of amides is 2. The number of aliphatic hydroxyl groups is 1. The molecule has 11 heteroatoms. The number of carbonyl (C=O) groups excluding carboxylic acids is 2. The minimum Gasteiger partial charge on any atom is -0.446 e. The predicted octanol–water partition coefficient (Wildman–Crippen LogP) is 5.63. The van der Waals surface area contributed by atoms with E-state index in [4.69, 9.17) is 8.83 Å². The highest BCUT2D eigenvalue weighted by molar-refractivity contribution is 6.01. The van der Waals surface area contributed by atoms with Gasteiger partial charge in [0.2, 0.25) is 11.8 Å². The lowest BCUT2D eigenvalue weighted by Crippen LogP contribution is -2.48. The van der Waals surface area contributed by atoms with Gasteiger partial charge in [-0.05, 0) is 67.0 Å². The normalized spacial score (nSPS) is 15.8. The average Bonchev–Trinajstić information content (AvgIpc) is 3.91. The number of hydrogen-bond donors (Lipinski definition) is 3. The second kappa shape index (κ2) is 15.4. The monoisotopic (exact) mass is 662 g/mol. The second-order valence-electron chi connectivity index (χ2n) is 12.9. The summed E-state index contributed by atoms with van der Waals surface area (Å²) in [5.74, 6) is 0.460. The molecule has 6 rings (SSSR count). The standard InChI is InChI=1S/C38H42N6O5/c1-24(2)31-14-27(19-39-21-31)20-40-22-34(45)32(15-26-8-5-4-6-9-26)43-35(46)28-16-29(36-41-11-13-48-36)18-30(17-28)38(47)44-12-7-10-33(44)37-42-25(3)23-49-37/h4-6,8-9,11,13-14,16-19,21,23-24,32-34,40,45H,7,10,12,15,20,22H2,1-3H3,(H,43,46)/t32-,33+,34-/m0/s1. The minimum absolute atomic E-state index is 0.237. The van der Waals surface area contributed by atoms with Gasteiger partial charge >= 0.3 is 0 Å². The number of aromatic nitrogens is 3. The molecular formula is C38H42N6O5. The van der Waals surface area contributed by atoms with E-state index in [-0.39, 0.29) is 29.9 Å². The number of hydrogen-bond acceptors (Lipinski definition) is 9. The molecule has 4 heterocycles. The van der Waals surface area contributed by atoms with E-state index in [1.165, 1.54) is 12.5 Å². The van der Waals surface area contributed by atoms with Crippen LogP contribution < -0.4 is 10.6 Å². The van der Waals surface area contributed by atoms with E-state index in [1.807, 2.05) is 49.6 Å². The van der Waals surface area contributed by atoms with Crippen molar-refractivity contribution < 1.29 is 23.5 Å². The fourth-order valence-electron chi connectivity index (χ4n) is 6.16. The quantitative estimate of drug-likeness (QED) is 0.146. The Balaban J connectivity index is 1.23. The molecule has 0 aliphatic carbocycles. The van der Waals surface area contributed by atoms with Crippen LogP contribution in [0.3, 0.4) is 0 Å². The highest BCUT2D eigenvalue weighted by Gasteiger charge is 2.34. The molecule has 1 saturated heterocycles. The molecule has 0 bridgehead atoms. The van der Waals surface area contributed by atoms with E-state index in [1.54, 1.807) is 29.4 Å². The van der Waals surface area contributed by atoms with Crippen LogP contribution in [0.5, 0.6) is 0 Å². The van der Waals surface area contributed by atoms with Gasteiger partial charge in [0, 0.05) is 48.7 Å². The molecule has 2 aromatic carbocycles. The Hall–Kier alpha value is -5.13. The van der Waals surface area contributed by atoms with E-state index < -0.39 is 18.1 Å². The number of benzene rings is 2. The number of aliphatic hydroxyl groups excluding tert-OH is 1. The van der Waals surface area contributed by atoms with Crippen molar-refractivity contribution in [3.63, 3.8) is 0 Å². The summed E-state index contributed by atoms with van der Waals surface area (Å²) in [4.78, 5) is 42.9. The molecule has 254 valence electrons. The van der Waals surface area contributed by atoms with Crippen molar-refractivity contribution >= 4 is 11.8 Å². The van der Waals surface area contributed by atoms with Gasteiger partial charge in [-0.2, -0.15) is 0 Å². The molecule has 1 aliphatic heterocycles. The third-order valence-corrected chi connectivity index (χ3v) is 8.80. The summed E-state index contributed by atoms with van der Waals surface area (Å²) < 4.78 is 11.2. The van der Waals surface area contributed by atoms with Crippen LogP contribution >= 0.6 is 0 Å². The Bertz CT molecular complexity index is 1860. The van der Waals surface area contributed by atoms with Crippen molar-refractivity contribution in [1.29, 1.82) is 0 Å². The lowest BCUT2D eigenvalue weighted by Gasteiger charge is -2.25. The SMILES string of the molecule is Cc1coc([C@H]2CCCN2C(=O)c2cc(C(=O)N[C@@H](Cc3ccccc3)[C@@H](O)CNCc3cncc(C(C)C)c3)cc(-c3ncco3)c2)n1. The highest BCUT2D eigenvalue weighted by atomic mass is 16.3. The van der Waals surface area contributed by atoms with Crippen molar-refractivity contribution in [2.75, 3.05) is 13.1 Å². The van der Waals surface area contributed by atoms with E-state index in [0.29, 0.717) is 42.4 Å². The summed E-state index contributed by atoms with van der Waals surface area (Å²) in [6.07, 6.45) is 9.22. The predicted molar refractivity (Wildman–Crippen MR) is 184 cm³/mol. The number of aryl methyl sites for hydroxylation is 1. The van der Waals surface area contributed by atoms with Gasteiger partial charge in [0.15, 0.2) is 0 Å². The number of carbonyl (C=O) groups is 2. The number of pyridine rings is 1. The summed E-state index contributed by atoms with van der Waals surface area (Å²) in [5, 5.41) is 17.8. The van der Waals surface area contributed by atoms with Crippen molar-refractivity contribution in [3.8, 4) is 11.5 Å². The Kier molecular flexibility index (Phi) is 10.6. The largest absolute Gasteiger partial charge is 0.446 e. The van der Waals surface area contributed by atoms with Crippen molar-refractivity contribution in [2.45, 2.75) is 70.7 Å². The van der Waals surface area contributed by atoms with E-state index in [0.717, 1.165) is 35.2 Å². The van der Waals surface area contributed by atoms with E-state index in [9.17, 15) is 14.7 Å². The fraction of sp³-hybridized carbons (Fsp3) is 0.342. The number of likely N-dealkylation sites (tertiary alicyclic amines) is 1. The van der Waals surface area contributed by atoms with Gasteiger partial charge in [0.1, 0.15) is 18.6 Å². The topological polar surface area (TPSA) is 147 Å². The average molecular weight is 663 g/mol. The lowest BCUT2D eigenvalue weighted by molar-refractivity contribution is 0.0715. The first kappa shape index (κ1) is 33.8. The zero-order valence-corrected chi connectivity index (χ0v) is 28.0.